The molecule has 0 aromatic heterocycles. The summed E-state index contributed by atoms with van der Waals surface area (Å²) in [6.07, 6.45) is 1.44. The number of nitrogens with zero attached hydrogens (tertiary/aromatic N) is 2. The largest absolute Gasteiger partial charge is 0.490 e. The van der Waals surface area contributed by atoms with Gasteiger partial charge in [0.05, 0.1) is 26.6 Å². The molecule has 160 valence electrons. The topological polar surface area (TPSA) is 117 Å². The second-order valence-electron chi connectivity index (χ2n) is 6.11. The van der Waals surface area contributed by atoms with Crippen LogP contribution in [0.1, 0.15) is 25.0 Å². The fourth-order valence-electron chi connectivity index (χ4n) is 2.65. The number of hydrogen-bond acceptors (Lipinski definition) is 8. The van der Waals surface area contributed by atoms with E-state index < -0.39 is 16.9 Å². The molecular formula is C20H14BrClN2O7. The minimum absolute atomic E-state index is 0.0489. The molecule has 0 unspecified atom stereocenters. The summed E-state index contributed by atoms with van der Waals surface area (Å²) in [4.78, 5) is 38.2. The molecule has 2 aromatic carbocycles. The second-order valence-corrected chi connectivity index (χ2v) is 7.38. The van der Waals surface area contributed by atoms with Crippen LogP contribution in [0.5, 0.6) is 11.5 Å². The van der Waals surface area contributed by atoms with Crippen LogP contribution in [-0.4, -0.2) is 29.4 Å². The monoisotopic (exact) mass is 508 g/mol. The highest BCUT2D eigenvalue weighted by molar-refractivity contribution is 9.10. The summed E-state index contributed by atoms with van der Waals surface area (Å²) in [5, 5.41) is 11.2. The van der Waals surface area contributed by atoms with Crippen molar-refractivity contribution in [2.75, 3.05) is 6.61 Å². The van der Waals surface area contributed by atoms with Gasteiger partial charge < -0.3 is 14.2 Å². The van der Waals surface area contributed by atoms with Gasteiger partial charge in [0.2, 0.25) is 5.90 Å². The van der Waals surface area contributed by atoms with E-state index in [9.17, 15) is 19.7 Å². The summed E-state index contributed by atoms with van der Waals surface area (Å²) in [6.45, 7) is 3.35. The molecule has 0 fully saturated rings. The van der Waals surface area contributed by atoms with Gasteiger partial charge in [-0.1, -0.05) is 11.6 Å². The number of rotatable bonds is 6. The van der Waals surface area contributed by atoms with Gasteiger partial charge in [0, 0.05) is 19.1 Å². The van der Waals surface area contributed by atoms with Crippen LogP contribution in [0.3, 0.4) is 0 Å². The zero-order chi connectivity index (χ0) is 22.7. The molecule has 31 heavy (non-hydrogen) atoms. The maximum absolute atomic E-state index is 12.3. The summed E-state index contributed by atoms with van der Waals surface area (Å²) < 4.78 is 16.3. The molecule has 0 N–H and O–H groups in total. The van der Waals surface area contributed by atoms with Gasteiger partial charge in [0.1, 0.15) is 0 Å². The lowest BCUT2D eigenvalue weighted by Crippen LogP contribution is -2.06. The third-order valence-electron chi connectivity index (χ3n) is 3.89. The average Bonchev–Trinajstić information content (AvgIpc) is 3.05. The third-order valence-corrected chi connectivity index (χ3v) is 4.81. The Morgan fingerprint density at radius 3 is 2.74 bits per heavy atom. The molecule has 0 saturated carbocycles. The maximum Gasteiger partial charge on any atom is 0.363 e. The number of nitro benzene ring substituents is 1. The number of hydrogen-bond donors (Lipinski definition) is 0. The molecule has 2 aromatic rings. The molecule has 0 aliphatic carbocycles. The highest BCUT2D eigenvalue weighted by Crippen LogP contribution is 2.38. The van der Waals surface area contributed by atoms with E-state index in [0.29, 0.717) is 16.6 Å². The Balaban J connectivity index is 2.01. The number of aliphatic imine (C=N–C) groups is 1. The van der Waals surface area contributed by atoms with Crippen LogP contribution in [-0.2, 0) is 14.3 Å². The van der Waals surface area contributed by atoms with E-state index in [1.165, 1.54) is 31.2 Å². The van der Waals surface area contributed by atoms with E-state index in [1.807, 2.05) is 0 Å². The van der Waals surface area contributed by atoms with E-state index in [4.69, 9.17) is 25.8 Å². The number of non-ortho nitro benzene ring substituents is 1. The van der Waals surface area contributed by atoms with Crippen molar-refractivity contribution in [3.05, 3.63) is 66.8 Å². The molecule has 3 rings (SSSR count). The molecule has 0 bridgehead atoms. The first kappa shape index (κ1) is 22.4. The number of halogens is 2. The van der Waals surface area contributed by atoms with E-state index in [0.717, 1.165) is 0 Å². The molecule has 9 nitrogen and oxygen atoms in total. The van der Waals surface area contributed by atoms with Crippen LogP contribution < -0.4 is 9.47 Å². The van der Waals surface area contributed by atoms with Crippen molar-refractivity contribution < 1.29 is 28.7 Å². The van der Waals surface area contributed by atoms with Gasteiger partial charge in [-0.05, 0) is 52.7 Å². The van der Waals surface area contributed by atoms with Crippen molar-refractivity contribution >= 4 is 57.1 Å². The smallest absolute Gasteiger partial charge is 0.363 e. The van der Waals surface area contributed by atoms with E-state index in [2.05, 4.69) is 20.9 Å². The van der Waals surface area contributed by atoms with Crippen molar-refractivity contribution in [2.24, 2.45) is 4.99 Å². The van der Waals surface area contributed by atoms with Gasteiger partial charge >= 0.3 is 11.9 Å². The van der Waals surface area contributed by atoms with Crippen molar-refractivity contribution in [3.63, 3.8) is 0 Å². The van der Waals surface area contributed by atoms with Crippen LogP contribution in [0.2, 0.25) is 5.02 Å². The Bertz CT molecular complexity index is 1160. The number of benzene rings is 2. The van der Waals surface area contributed by atoms with E-state index in [-0.39, 0.29) is 39.4 Å². The quantitative estimate of drug-likeness (QED) is 0.182. The van der Waals surface area contributed by atoms with Gasteiger partial charge in [-0.25, -0.2) is 9.79 Å². The third kappa shape index (κ3) is 5.09. The first-order valence-corrected chi connectivity index (χ1v) is 9.98. The number of ether oxygens (including phenoxy) is 3. The standard InChI is InChI=1S/C20H14BrClN2O7/c1-3-29-17-8-11(6-14(21)18(17)30-10(2)25)7-16-20(26)31-19(23-16)13-9-12(24(27)28)4-5-15(13)22/h4-9H,3H2,1-2H3/b16-7-. The molecular weight excluding hydrogens is 496 g/mol. The van der Waals surface area contributed by atoms with Gasteiger partial charge in [-0.15, -0.1) is 0 Å². The highest BCUT2D eigenvalue weighted by atomic mass is 79.9. The average molecular weight is 510 g/mol. The minimum atomic E-state index is -0.754. The first-order valence-electron chi connectivity index (χ1n) is 8.81. The Hall–Kier alpha value is -3.24. The SMILES string of the molecule is CCOc1cc(/C=C2\N=C(c3cc([N+](=O)[O-])ccc3Cl)OC2=O)cc(Br)c1OC(C)=O. The predicted octanol–water partition coefficient (Wildman–Crippen LogP) is 4.68. The number of esters is 2. The molecule has 1 aliphatic rings. The normalized spacial score (nSPS) is 14.3. The summed E-state index contributed by atoms with van der Waals surface area (Å²) in [5.74, 6) is -0.925. The Labute approximate surface area is 189 Å². The highest BCUT2D eigenvalue weighted by Gasteiger charge is 2.27. The van der Waals surface area contributed by atoms with Gasteiger partial charge in [-0.2, -0.15) is 0 Å². The van der Waals surface area contributed by atoms with Crippen LogP contribution in [0.25, 0.3) is 6.08 Å². The molecule has 0 radical (unpaired) electrons. The predicted molar refractivity (Wildman–Crippen MR) is 115 cm³/mol. The Morgan fingerprint density at radius 2 is 2.10 bits per heavy atom. The summed E-state index contributed by atoms with van der Waals surface area (Å²) in [6, 6.07) is 6.91. The lowest BCUT2D eigenvalue weighted by atomic mass is 10.1. The zero-order valence-electron chi connectivity index (χ0n) is 16.2. The van der Waals surface area contributed by atoms with Crippen molar-refractivity contribution in [2.45, 2.75) is 13.8 Å². The summed E-state index contributed by atoms with van der Waals surface area (Å²) in [5.41, 5.74) is 0.358. The summed E-state index contributed by atoms with van der Waals surface area (Å²) in [7, 11) is 0. The van der Waals surface area contributed by atoms with Crippen LogP contribution in [0.15, 0.2) is 45.5 Å². The lowest BCUT2D eigenvalue weighted by molar-refractivity contribution is -0.384. The van der Waals surface area contributed by atoms with Gasteiger partial charge in [0.25, 0.3) is 5.69 Å². The molecule has 0 saturated heterocycles. The fourth-order valence-corrected chi connectivity index (χ4v) is 3.39. The van der Waals surface area contributed by atoms with E-state index >= 15 is 0 Å². The van der Waals surface area contributed by atoms with Crippen LogP contribution in [0, 0.1) is 10.1 Å². The van der Waals surface area contributed by atoms with Crippen LogP contribution >= 0.6 is 27.5 Å². The molecule has 0 amide bonds. The lowest BCUT2D eigenvalue weighted by Gasteiger charge is -2.12. The second kappa shape index (κ2) is 9.27. The molecule has 0 spiro atoms. The number of cyclic esters (lactones) is 1. The first-order chi connectivity index (χ1) is 14.7. The minimum Gasteiger partial charge on any atom is -0.490 e. The Kier molecular flexibility index (Phi) is 6.71. The molecule has 0 atom stereocenters. The fraction of sp³-hybridized carbons (Fsp3) is 0.150. The molecule has 1 heterocycles. The molecule has 1 aliphatic heterocycles. The maximum atomic E-state index is 12.3. The van der Waals surface area contributed by atoms with Gasteiger partial charge in [-0.3, -0.25) is 14.9 Å². The van der Waals surface area contributed by atoms with Crippen molar-refractivity contribution in [1.29, 1.82) is 0 Å². The van der Waals surface area contributed by atoms with E-state index in [1.54, 1.807) is 19.1 Å². The summed E-state index contributed by atoms with van der Waals surface area (Å²) >= 11 is 9.41. The number of carbonyl (C=O) groups excluding carboxylic acids is 2. The zero-order valence-corrected chi connectivity index (χ0v) is 18.5. The van der Waals surface area contributed by atoms with Crippen LogP contribution in [0.4, 0.5) is 5.69 Å². The number of carbonyl (C=O) groups is 2. The number of nitro groups is 1. The van der Waals surface area contributed by atoms with Crippen molar-refractivity contribution in [3.8, 4) is 11.5 Å². The van der Waals surface area contributed by atoms with Crippen molar-refractivity contribution in [1.82, 2.24) is 0 Å². The molecule has 11 heteroatoms. The van der Waals surface area contributed by atoms with Gasteiger partial charge in [0.15, 0.2) is 17.2 Å². The Morgan fingerprint density at radius 1 is 1.35 bits per heavy atom.